The summed E-state index contributed by atoms with van der Waals surface area (Å²) in [6, 6.07) is 5.63. The van der Waals surface area contributed by atoms with Crippen LogP contribution >= 0.6 is 23.2 Å². The summed E-state index contributed by atoms with van der Waals surface area (Å²) in [6.45, 7) is 7.95. The van der Waals surface area contributed by atoms with Gasteiger partial charge in [0.2, 0.25) is 5.91 Å². The predicted molar refractivity (Wildman–Crippen MR) is 105 cm³/mol. The quantitative estimate of drug-likeness (QED) is 0.834. The molecule has 1 saturated heterocycles. The van der Waals surface area contributed by atoms with Crippen molar-refractivity contribution in [2.24, 2.45) is 5.92 Å². The first-order valence-electron chi connectivity index (χ1n) is 8.87. The number of rotatable bonds is 4. The molecule has 140 valence electrons. The maximum Gasteiger partial charge on any atom is 0.224 e. The number of benzene rings is 1. The summed E-state index contributed by atoms with van der Waals surface area (Å²) in [5.74, 6) is 0.484. The molecule has 7 heteroatoms. The lowest BCUT2D eigenvalue weighted by atomic mass is 9.95. The Morgan fingerprint density at radius 1 is 1.35 bits per heavy atom. The van der Waals surface area contributed by atoms with Gasteiger partial charge in [-0.1, -0.05) is 30.1 Å². The molecule has 3 rings (SSSR count). The fraction of sp³-hybridized carbons (Fsp3) is 0.474. The molecule has 1 fully saturated rings. The van der Waals surface area contributed by atoms with E-state index < -0.39 is 0 Å². The number of carbonyl (C=O) groups is 1. The summed E-state index contributed by atoms with van der Waals surface area (Å²) in [6.07, 6.45) is 1.29. The topological polar surface area (TPSA) is 59.0 Å². The van der Waals surface area contributed by atoms with Crippen LogP contribution in [0.3, 0.4) is 0 Å². The van der Waals surface area contributed by atoms with Gasteiger partial charge in [0.1, 0.15) is 0 Å². The SMILES string of the molecule is Cc1nn(-c2ccc(Cl)c(Cl)c2)c(C)c1CC(=O)NC1CCNCC1C. The minimum atomic E-state index is 0.0450. The predicted octanol–water partition coefficient (Wildman–Crippen LogP) is 3.45. The van der Waals surface area contributed by atoms with Crippen LogP contribution in [0, 0.1) is 19.8 Å². The lowest BCUT2D eigenvalue weighted by Crippen LogP contribution is -2.48. The number of hydrogen-bond acceptors (Lipinski definition) is 3. The molecule has 1 aliphatic rings. The molecule has 0 saturated carbocycles. The van der Waals surface area contributed by atoms with E-state index in [4.69, 9.17) is 23.2 Å². The van der Waals surface area contributed by atoms with Crippen LogP contribution in [0.15, 0.2) is 18.2 Å². The summed E-state index contributed by atoms with van der Waals surface area (Å²) >= 11 is 12.1. The molecule has 2 aromatic rings. The third-order valence-corrected chi connectivity index (χ3v) is 5.80. The van der Waals surface area contributed by atoms with E-state index in [9.17, 15) is 4.79 Å². The van der Waals surface area contributed by atoms with Gasteiger partial charge in [-0.25, -0.2) is 4.68 Å². The standard InChI is InChI=1S/C19H24Cl2N4O/c1-11-10-22-7-6-18(11)23-19(26)9-15-12(2)24-25(13(15)3)14-4-5-16(20)17(21)8-14/h4-5,8,11,18,22H,6-7,9-10H2,1-3H3,(H,23,26). The van der Waals surface area contributed by atoms with Gasteiger partial charge in [-0.05, 0) is 57.5 Å². The van der Waals surface area contributed by atoms with Crippen molar-refractivity contribution >= 4 is 29.1 Å². The Bertz CT molecular complexity index is 818. The lowest BCUT2D eigenvalue weighted by molar-refractivity contribution is -0.121. The van der Waals surface area contributed by atoms with Gasteiger partial charge in [-0.15, -0.1) is 0 Å². The maximum atomic E-state index is 12.6. The van der Waals surface area contributed by atoms with Gasteiger partial charge in [0.25, 0.3) is 0 Å². The van der Waals surface area contributed by atoms with E-state index in [0.717, 1.165) is 42.1 Å². The van der Waals surface area contributed by atoms with Gasteiger partial charge in [-0.2, -0.15) is 5.10 Å². The molecule has 0 aliphatic carbocycles. The Hall–Kier alpha value is -1.56. The van der Waals surface area contributed by atoms with Crippen LogP contribution in [-0.4, -0.2) is 34.8 Å². The van der Waals surface area contributed by atoms with Crippen molar-refractivity contribution in [2.45, 2.75) is 39.7 Å². The first kappa shape index (κ1) is 19.2. The average molecular weight is 395 g/mol. The van der Waals surface area contributed by atoms with Gasteiger partial charge in [-0.3, -0.25) is 4.79 Å². The molecule has 5 nitrogen and oxygen atoms in total. The number of aryl methyl sites for hydroxylation is 1. The number of halogens is 2. The van der Waals surface area contributed by atoms with E-state index in [0.29, 0.717) is 22.4 Å². The molecule has 0 bridgehead atoms. The minimum absolute atomic E-state index is 0.0450. The third-order valence-electron chi connectivity index (χ3n) is 5.06. The molecule has 2 unspecified atom stereocenters. The van der Waals surface area contributed by atoms with Crippen LogP contribution < -0.4 is 10.6 Å². The number of carbonyl (C=O) groups excluding carboxylic acids is 1. The van der Waals surface area contributed by atoms with Crippen LogP contribution in [0.25, 0.3) is 5.69 Å². The molecule has 26 heavy (non-hydrogen) atoms. The molecule has 2 heterocycles. The van der Waals surface area contributed by atoms with Gasteiger partial charge < -0.3 is 10.6 Å². The van der Waals surface area contributed by atoms with Crippen molar-refractivity contribution in [3.63, 3.8) is 0 Å². The zero-order valence-corrected chi connectivity index (χ0v) is 16.8. The van der Waals surface area contributed by atoms with E-state index in [1.165, 1.54) is 0 Å². The largest absolute Gasteiger partial charge is 0.353 e. The Kier molecular flexibility index (Phi) is 5.90. The summed E-state index contributed by atoms with van der Waals surface area (Å²) in [5.41, 5.74) is 3.57. The second-order valence-electron chi connectivity index (χ2n) is 6.98. The highest BCUT2D eigenvalue weighted by Crippen LogP contribution is 2.26. The second kappa shape index (κ2) is 7.99. The highest BCUT2D eigenvalue weighted by atomic mass is 35.5. The van der Waals surface area contributed by atoms with Crippen molar-refractivity contribution in [3.8, 4) is 5.69 Å². The minimum Gasteiger partial charge on any atom is -0.353 e. The normalized spacial score (nSPS) is 20.2. The maximum absolute atomic E-state index is 12.6. The Labute approximate surface area is 164 Å². The number of amides is 1. The molecule has 1 aromatic heterocycles. The number of nitrogens with one attached hydrogen (secondary N) is 2. The molecule has 1 amide bonds. The van der Waals surface area contributed by atoms with Crippen LogP contribution in [-0.2, 0) is 11.2 Å². The van der Waals surface area contributed by atoms with Gasteiger partial charge in [0, 0.05) is 17.3 Å². The molecule has 0 spiro atoms. The zero-order chi connectivity index (χ0) is 18.8. The third kappa shape index (κ3) is 4.05. The first-order valence-corrected chi connectivity index (χ1v) is 9.63. The fourth-order valence-electron chi connectivity index (χ4n) is 3.45. The summed E-state index contributed by atoms with van der Waals surface area (Å²) in [5, 5.41) is 12.1. The molecular formula is C19H24Cl2N4O. The molecule has 1 aliphatic heterocycles. The van der Waals surface area contributed by atoms with Gasteiger partial charge in [0.15, 0.2) is 0 Å². The molecular weight excluding hydrogens is 371 g/mol. The van der Waals surface area contributed by atoms with Crippen molar-refractivity contribution in [1.82, 2.24) is 20.4 Å². The summed E-state index contributed by atoms with van der Waals surface area (Å²) in [4.78, 5) is 12.6. The van der Waals surface area contributed by atoms with E-state index in [1.54, 1.807) is 12.1 Å². The number of piperidine rings is 1. The Morgan fingerprint density at radius 3 is 2.81 bits per heavy atom. The van der Waals surface area contributed by atoms with Gasteiger partial charge in [0.05, 0.1) is 27.8 Å². The molecule has 2 N–H and O–H groups in total. The van der Waals surface area contributed by atoms with Crippen LogP contribution in [0.2, 0.25) is 10.0 Å². The Balaban J connectivity index is 1.77. The van der Waals surface area contributed by atoms with Crippen molar-refractivity contribution in [3.05, 3.63) is 45.2 Å². The second-order valence-corrected chi connectivity index (χ2v) is 7.79. The highest BCUT2D eigenvalue weighted by Gasteiger charge is 2.24. The first-order chi connectivity index (χ1) is 12.4. The highest BCUT2D eigenvalue weighted by molar-refractivity contribution is 6.42. The molecule has 0 radical (unpaired) electrons. The zero-order valence-electron chi connectivity index (χ0n) is 15.3. The van der Waals surface area contributed by atoms with Crippen molar-refractivity contribution in [1.29, 1.82) is 0 Å². The van der Waals surface area contributed by atoms with Crippen molar-refractivity contribution in [2.75, 3.05) is 13.1 Å². The number of hydrogen-bond donors (Lipinski definition) is 2. The van der Waals surface area contributed by atoms with E-state index >= 15 is 0 Å². The van der Waals surface area contributed by atoms with Crippen LogP contribution in [0.5, 0.6) is 0 Å². The molecule has 2 atom stereocenters. The summed E-state index contributed by atoms with van der Waals surface area (Å²) < 4.78 is 1.81. The number of aromatic nitrogens is 2. The van der Waals surface area contributed by atoms with Crippen LogP contribution in [0.1, 0.15) is 30.3 Å². The number of nitrogens with zero attached hydrogens (tertiary/aromatic N) is 2. The fourth-order valence-corrected chi connectivity index (χ4v) is 3.74. The average Bonchev–Trinajstić information content (AvgIpc) is 2.87. The van der Waals surface area contributed by atoms with Gasteiger partial charge >= 0.3 is 0 Å². The van der Waals surface area contributed by atoms with Crippen LogP contribution in [0.4, 0.5) is 0 Å². The smallest absolute Gasteiger partial charge is 0.224 e. The van der Waals surface area contributed by atoms with E-state index in [2.05, 4.69) is 22.7 Å². The summed E-state index contributed by atoms with van der Waals surface area (Å²) in [7, 11) is 0. The lowest BCUT2D eigenvalue weighted by Gasteiger charge is -2.30. The van der Waals surface area contributed by atoms with E-state index in [1.807, 2.05) is 24.6 Å². The monoisotopic (exact) mass is 394 g/mol. The van der Waals surface area contributed by atoms with Crippen molar-refractivity contribution < 1.29 is 4.79 Å². The van der Waals surface area contributed by atoms with E-state index in [-0.39, 0.29) is 11.9 Å². The Morgan fingerprint density at radius 2 is 2.12 bits per heavy atom. The molecule has 1 aromatic carbocycles.